The largest absolute Gasteiger partial charge is 0.306 e. The van der Waals surface area contributed by atoms with Gasteiger partial charge in [-0.25, -0.2) is 0 Å². The first-order valence-corrected chi connectivity index (χ1v) is 18.0. The van der Waals surface area contributed by atoms with E-state index in [1.165, 1.54) is 78.5 Å². The number of nitrogens with zero attached hydrogens (tertiary/aromatic N) is 2. The van der Waals surface area contributed by atoms with Gasteiger partial charge in [0.25, 0.3) is 0 Å². The second-order valence-electron chi connectivity index (χ2n) is 15.5. The van der Waals surface area contributed by atoms with Crippen molar-refractivity contribution in [2.45, 2.75) is 45.4 Å². The van der Waals surface area contributed by atoms with Crippen molar-refractivity contribution in [2.75, 3.05) is 9.80 Å². The fourth-order valence-electron chi connectivity index (χ4n) is 8.16. The highest BCUT2D eigenvalue weighted by atomic mass is 15.3. The maximum absolute atomic E-state index is 2.45. The monoisotopic (exact) mass is 658 g/mol. The summed E-state index contributed by atoms with van der Waals surface area (Å²) in [6.45, 7) is 11.6. The molecule has 0 bridgehead atoms. The number of benzene rings is 7. The van der Waals surface area contributed by atoms with Crippen molar-refractivity contribution in [3.8, 4) is 33.4 Å². The van der Waals surface area contributed by atoms with Crippen LogP contribution in [0.2, 0.25) is 0 Å². The van der Waals surface area contributed by atoms with E-state index < -0.39 is 0 Å². The molecule has 0 saturated carbocycles. The smallest absolute Gasteiger partial charge is 0.0703 e. The predicted octanol–water partition coefficient (Wildman–Crippen LogP) is 13.9. The Morgan fingerprint density at radius 1 is 0.392 bits per heavy atom. The summed E-state index contributed by atoms with van der Waals surface area (Å²) >= 11 is 0. The number of anilines is 6. The molecule has 0 N–H and O–H groups in total. The van der Waals surface area contributed by atoms with Gasteiger partial charge in [0.1, 0.15) is 0 Å². The zero-order chi connectivity index (χ0) is 34.9. The Morgan fingerprint density at radius 2 is 0.843 bits per heavy atom. The summed E-state index contributed by atoms with van der Waals surface area (Å²) in [5.41, 5.74) is 18.7. The molecule has 7 aromatic carbocycles. The fraction of sp³-hybridized carbons (Fsp3) is 0.143. The molecule has 0 unspecified atom stereocenters. The van der Waals surface area contributed by atoms with Crippen molar-refractivity contribution < 1.29 is 0 Å². The van der Waals surface area contributed by atoms with E-state index in [1.54, 1.807) is 0 Å². The first kappa shape index (κ1) is 31.1. The topological polar surface area (TPSA) is 6.48 Å². The molecule has 7 aromatic rings. The lowest BCUT2D eigenvalue weighted by Gasteiger charge is -2.40. The van der Waals surface area contributed by atoms with E-state index in [1.807, 2.05) is 0 Å². The van der Waals surface area contributed by atoms with Gasteiger partial charge in [0.2, 0.25) is 0 Å². The van der Waals surface area contributed by atoms with Gasteiger partial charge in [0.05, 0.1) is 22.7 Å². The van der Waals surface area contributed by atoms with Gasteiger partial charge in [-0.1, -0.05) is 138 Å². The molecule has 1 aliphatic heterocycles. The van der Waals surface area contributed by atoms with Crippen molar-refractivity contribution in [3.05, 3.63) is 180 Å². The zero-order valence-corrected chi connectivity index (χ0v) is 30.0. The van der Waals surface area contributed by atoms with E-state index in [0.29, 0.717) is 0 Å². The Balaban J connectivity index is 1.12. The minimum atomic E-state index is -0.163. The Bertz CT molecular complexity index is 2380. The molecular formula is C49H42N2. The second kappa shape index (κ2) is 11.6. The van der Waals surface area contributed by atoms with E-state index in [-0.39, 0.29) is 10.8 Å². The molecule has 2 nitrogen and oxygen atoms in total. The van der Waals surface area contributed by atoms with Crippen LogP contribution in [0.4, 0.5) is 34.1 Å². The van der Waals surface area contributed by atoms with E-state index in [4.69, 9.17) is 0 Å². The lowest BCUT2D eigenvalue weighted by atomic mass is 9.81. The van der Waals surface area contributed by atoms with Gasteiger partial charge < -0.3 is 9.80 Å². The van der Waals surface area contributed by atoms with Gasteiger partial charge in [-0.3, -0.25) is 0 Å². The van der Waals surface area contributed by atoms with E-state index >= 15 is 0 Å². The van der Waals surface area contributed by atoms with Gasteiger partial charge in [0, 0.05) is 16.8 Å². The highest BCUT2D eigenvalue weighted by molar-refractivity contribution is 6.02. The van der Waals surface area contributed by atoms with Crippen LogP contribution in [0.3, 0.4) is 0 Å². The van der Waals surface area contributed by atoms with Crippen LogP contribution in [-0.4, -0.2) is 0 Å². The summed E-state index contributed by atoms with van der Waals surface area (Å²) in [6, 6.07) is 60.4. The highest BCUT2D eigenvalue weighted by Gasteiger charge is 2.37. The van der Waals surface area contributed by atoms with Crippen LogP contribution >= 0.6 is 0 Å². The van der Waals surface area contributed by atoms with Crippen molar-refractivity contribution in [1.29, 1.82) is 0 Å². The lowest BCUT2D eigenvalue weighted by molar-refractivity contribution is 0.590. The van der Waals surface area contributed by atoms with Gasteiger partial charge in [-0.15, -0.1) is 0 Å². The Labute approximate surface area is 302 Å². The first-order valence-electron chi connectivity index (χ1n) is 18.0. The van der Waals surface area contributed by atoms with Crippen molar-refractivity contribution in [3.63, 3.8) is 0 Å². The number of hydrogen-bond acceptors (Lipinski definition) is 2. The maximum Gasteiger partial charge on any atom is 0.0703 e. The molecule has 0 aromatic heterocycles. The number of fused-ring (bicyclic) bond motifs is 5. The minimum Gasteiger partial charge on any atom is -0.306 e. The van der Waals surface area contributed by atoms with Crippen LogP contribution in [0.25, 0.3) is 33.4 Å². The third kappa shape index (κ3) is 5.09. The van der Waals surface area contributed by atoms with Gasteiger partial charge >= 0.3 is 0 Å². The number of hydrogen-bond donors (Lipinski definition) is 0. The molecular weight excluding hydrogens is 617 g/mol. The van der Waals surface area contributed by atoms with Crippen LogP contribution in [0, 0.1) is 0 Å². The molecule has 0 radical (unpaired) electrons. The van der Waals surface area contributed by atoms with E-state index in [0.717, 1.165) is 5.69 Å². The summed E-state index contributed by atoms with van der Waals surface area (Å²) in [6.07, 6.45) is 0. The molecule has 1 heterocycles. The molecule has 0 saturated heterocycles. The van der Waals surface area contributed by atoms with E-state index in [2.05, 4.69) is 208 Å². The summed E-state index contributed by atoms with van der Waals surface area (Å²) in [4.78, 5) is 4.86. The number of para-hydroxylation sites is 4. The SMILES string of the molecule is CC(C)(C)c1ccc(N2c3ccccc3N(c3ccc4c(c3)C(C)(C)c3cc(-c5cccc(-c6ccccc6)c5)ccc3-4)c3ccccc32)cc1. The third-order valence-electron chi connectivity index (χ3n) is 10.9. The van der Waals surface area contributed by atoms with Crippen molar-refractivity contribution in [2.24, 2.45) is 0 Å². The average Bonchev–Trinajstić information content (AvgIpc) is 3.38. The van der Waals surface area contributed by atoms with Crippen molar-refractivity contribution in [1.82, 2.24) is 0 Å². The summed E-state index contributed by atoms with van der Waals surface area (Å²) < 4.78 is 0. The van der Waals surface area contributed by atoms with Gasteiger partial charge in [-0.2, -0.15) is 0 Å². The molecule has 2 heteroatoms. The summed E-state index contributed by atoms with van der Waals surface area (Å²) in [5, 5.41) is 0. The van der Waals surface area contributed by atoms with Gasteiger partial charge in [-0.05, 0) is 116 Å². The van der Waals surface area contributed by atoms with Crippen LogP contribution in [0.15, 0.2) is 164 Å². The molecule has 2 aliphatic rings. The summed E-state index contributed by atoms with van der Waals surface area (Å²) in [7, 11) is 0. The Morgan fingerprint density at radius 3 is 1.43 bits per heavy atom. The van der Waals surface area contributed by atoms with Crippen LogP contribution in [0.1, 0.15) is 51.3 Å². The first-order chi connectivity index (χ1) is 24.7. The predicted molar refractivity (Wildman–Crippen MR) is 217 cm³/mol. The molecule has 1 aliphatic carbocycles. The molecule has 9 rings (SSSR count). The lowest BCUT2D eigenvalue weighted by Crippen LogP contribution is -2.24. The van der Waals surface area contributed by atoms with Crippen LogP contribution in [0.5, 0.6) is 0 Å². The number of rotatable bonds is 4. The summed E-state index contributed by atoms with van der Waals surface area (Å²) in [5.74, 6) is 0. The molecule has 0 spiro atoms. The minimum absolute atomic E-state index is 0.100. The Kier molecular flexibility index (Phi) is 7.09. The third-order valence-corrected chi connectivity index (χ3v) is 10.9. The Hall–Kier alpha value is -5.86. The standard InChI is InChI=1S/C49H42N2/c1-48(2,3)37-23-25-38(26-24-37)50-44-18-9-11-20-46(44)51(47-21-12-10-19-45(47)50)39-27-29-41-40-28-22-36(31-42(40)49(4,5)43(41)32-39)35-17-13-16-34(30-35)33-14-7-6-8-15-33/h6-32H,1-5H3. The average molecular weight is 659 g/mol. The quantitative estimate of drug-likeness (QED) is 0.186. The van der Waals surface area contributed by atoms with Crippen molar-refractivity contribution >= 4 is 34.1 Å². The normalized spacial score (nSPS) is 14.1. The zero-order valence-electron chi connectivity index (χ0n) is 30.0. The van der Waals surface area contributed by atoms with Gasteiger partial charge in [0.15, 0.2) is 0 Å². The molecule has 248 valence electrons. The highest BCUT2D eigenvalue weighted by Crippen LogP contribution is 2.56. The second-order valence-corrected chi connectivity index (χ2v) is 15.5. The molecule has 0 atom stereocenters. The molecule has 51 heavy (non-hydrogen) atoms. The van der Waals surface area contributed by atoms with Crippen LogP contribution < -0.4 is 9.80 Å². The molecule has 0 amide bonds. The molecule has 0 fully saturated rings. The maximum atomic E-state index is 2.45. The van der Waals surface area contributed by atoms with E-state index in [9.17, 15) is 0 Å². The van der Waals surface area contributed by atoms with Crippen LogP contribution in [-0.2, 0) is 10.8 Å². The fourth-order valence-corrected chi connectivity index (χ4v) is 8.16.